The Bertz CT molecular complexity index is 315. The summed E-state index contributed by atoms with van der Waals surface area (Å²) in [5, 5.41) is 12.9. The summed E-state index contributed by atoms with van der Waals surface area (Å²) in [4.78, 5) is 14.3. The Hall–Kier alpha value is -0.610. The number of nitrogens with zero attached hydrogens (tertiary/aromatic N) is 1. The molecule has 3 atom stereocenters. The van der Waals surface area contributed by atoms with Gasteiger partial charge in [0, 0.05) is 18.5 Å². The molecule has 3 fully saturated rings. The molecule has 0 aromatic carbocycles. The maximum absolute atomic E-state index is 12.3. The van der Waals surface area contributed by atoms with E-state index >= 15 is 0 Å². The van der Waals surface area contributed by atoms with Crippen LogP contribution in [0.25, 0.3) is 0 Å². The van der Waals surface area contributed by atoms with Gasteiger partial charge in [0.15, 0.2) is 0 Å². The highest BCUT2D eigenvalue weighted by molar-refractivity contribution is 5.82. The fourth-order valence-electron chi connectivity index (χ4n) is 3.96. The van der Waals surface area contributed by atoms with E-state index in [1.54, 1.807) is 0 Å². The number of hydrogen-bond donors (Lipinski definition) is 2. The maximum atomic E-state index is 12.3. The standard InChI is InChI=1S/C13H22N2O2/c16-9-13-5-1-3-10(13)7-15(8-13)12(17)11-4-2-6-14-11/h10-11,14,16H,1-9H2/t10-,11+,13-/m1/s1. The smallest absolute Gasteiger partial charge is 0.239 e. The quantitative estimate of drug-likeness (QED) is 0.730. The predicted octanol–water partition coefficient (Wildman–Crippen LogP) is 0.359. The van der Waals surface area contributed by atoms with Gasteiger partial charge in [0.1, 0.15) is 0 Å². The van der Waals surface area contributed by atoms with Crippen molar-refractivity contribution in [2.24, 2.45) is 11.3 Å². The molecule has 0 unspecified atom stereocenters. The van der Waals surface area contributed by atoms with E-state index in [1.165, 1.54) is 12.8 Å². The largest absolute Gasteiger partial charge is 0.396 e. The first-order chi connectivity index (χ1) is 8.25. The second kappa shape index (κ2) is 4.25. The first-order valence-corrected chi connectivity index (χ1v) is 6.88. The van der Waals surface area contributed by atoms with Crippen LogP contribution in [-0.2, 0) is 4.79 Å². The second-order valence-corrected chi connectivity index (χ2v) is 5.98. The zero-order chi connectivity index (χ0) is 11.9. The van der Waals surface area contributed by atoms with E-state index in [2.05, 4.69) is 5.32 Å². The Labute approximate surface area is 102 Å². The fourth-order valence-corrected chi connectivity index (χ4v) is 3.96. The molecule has 4 nitrogen and oxygen atoms in total. The van der Waals surface area contributed by atoms with Crippen LogP contribution < -0.4 is 5.32 Å². The van der Waals surface area contributed by atoms with E-state index in [0.717, 1.165) is 38.9 Å². The van der Waals surface area contributed by atoms with Crippen LogP contribution in [0.2, 0.25) is 0 Å². The maximum Gasteiger partial charge on any atom is 0.239 e. The van der Waals surface area contributed by atoms with Crippen molar-refractivity contribution in [3.63, 3.8) is 0 Å². The molecule has 2 N–H and O–H groups in total. The van der Waals surface area contributed by atoms with Gasteiger partial charge in [-0.05, 0) is 38.1 Å². The molecule has 0 bridgehead atoms. The molecule has 4 heteroatoms. The lowest BCUT2D eigenvalue weighted by Crippen LogP contribution is -2.43. The van der Waals surface area contributed by atoms with Gasteiger partial charge in [0.05, 0.1) is 12.6 Å². The first kappa shape index (κ1) is 11.5. The number of rotatable bonds is 2. The van der Waals surface area contributed by atoms with Crippen LogP contribution in [0.5, 0.6) is 0 Å². The molecule has 0 radical (unpaired) electrons. The van der Waals surface area contributed by atoms with Crippen LogP contribution in [0.4, 0.5) is 0 Å². The summed E-state index contributed by atoms with van der Waals surface area (Å²) in [5.41, 5.74) is 0.0360. The van der Waals surface area contributed by atoms with E-state index < -0.39 is 0 Å². The molecule has 1 aliphatic carbocycles. The molecule has 2 saturated heterocycles. The Morgan fingerprint density at radius 2 is 2.29 bits per heavy atom. The molecule has 1 amide bonds. The third-order valence-electron chi connectivity index (χ3n) is 5.02. The van der Waals surface area contributed by atoms with Crippen LogP contribution in [0.15, 0.2) is 0 Å². The molecule has 96 valence electrons. The van der Waals surface area contributed by atoms with Gasteiger partial charge in [-0.1, -0.05) is 6.42 Å². The number of aliphatic hydroxyl groups excluding tert-OH is 1. The number of amides is 1. The third-order valence-corrected chi connectivity index (χ3v) is 5.02. The van der Waals surface area contributed by atoms with Crippen molar-refractivity contribution in [1.82, 2.24) is 10.2 Å². The van der Waals surface area contributed by atoms with Gasteiger partial charge in [0.25, 0.3) is 0 Å². The molecule has 0 spiro atoms. The number of likely N-dealkylation sites (tertiary alicyclic amines) is 1. The molecule has 0 aromatic rings. The lowest BCUT2D eigenvalue weighted by Gasteiger charge is -2.26. The highest BCUT2D eigenvalue weighted by Gasteiger charge is 2.50. The summed E-state index contributed by atoms with van der Waals surface area (Å²) < 4.78 is 0. The summed E-state index contributed by atoms with van der Waals surface area (Å²) in [7, 11) is 0. The van der Waals surface area contributed by atoms with E-state index in [1.807, 2.05) is 4.90 Å². The summed E-state index contributed by atoms with van der Waals surface area (Å²) >= 11 is 0. The van der Waals surface area contributed by atoms with Crippen molar-refractivity contribution in [1.29, 1.82) is 0 Å². The van der Waals surface area contributed by atoms with E-state index in [0.29, 0.717) is 5.92 Å². The zero-order valence-corrected chi connectivity index (χ0v) is 10.3. The normalized spacial score (nSPS) is 40.9. The van der Waals surface area contributed by atoms with Crippen molar-refractivity contribution >= 4 is 5.91 Å². The molecule has 3 aliphatic rings. The number of aliphatic hydroxyl groups is 1. The molecule has 1 saturated carbocycles. The van der Waals surface area contributed by atoms with Crippen molar-refractivity contribution in [2.45, 2.75) is 38.1 Å². The Morgan fingerprint density at radius 3 is 2.94 bits per heavy atom. The molecular formula is C13H22N2O2. The average Bonchev–Trinajstić information content (AvgIpc) is 3.03. The Kier molecular flexibility index (Phi) is 2.87. The van der Waals surface area contributed by atoms with Gasteiger partial charge in [0.2, 0.25) is 5.91 Å². The van der Waals surface area contributed by atoms with Gasteiger partial charge in [-0.2, -0.15) is 0 Å². The predicted molar refractivity (Wildman–Crippen MR) is 64.5 cm³/mol. The highest BCUT2D eigenvalue weighted by atomic mass is 16.3. The second-order valence-electron chi connectivity index (χ2n) is 5.98. The van der Waals surface area contributed by atoms with Gasteiger partial charge in [-0.25, -0.2) is 0 Å². The molecular weight excluding hydrogens is 216 g/mol. The number of nitrogens with one attached hydrogen (secondary N) is 1. The Balaban J connectivity index is 1.69. The summed E-state index contributed by atoms with van der Waals surface area (Å²) in [6.45, 7) is 2.88. The number of hydrogen-bond acceptors (Lipinski definition) is 3. The summed E-state index contributed by atoms with van der Waals surface area (Å²) in [6, 6.07) is 0.0459. The zero-order valence-electron chi connectivity index (χ0n) is 10.3. The van der Waals surface area contributed by atoms with Crippen molar-refractivity contribution in [3.8, 4) is 0 Å². The first-order valence-electron chi connectivity index (χ1n) is 6.88. The van der Waals surface area contributed by atoms with E-state index in [4.69, 9.17) is 0 Å². The minimum absolute atomic E-state index is 0.0360. The van der Waals surface area contributed by atoms with Crippen LogP contribution in [-0.4, -0.2) is 48.2 Å². The van der Waals surface area contributed by atoms with Gasteiger partial charge in [-0.3, -0.25) is 4.79 Å². The monoisotopic (exact) mass is 238 g/mol. The van der Waals surface area contributed by atoms with Crippen molar-refractivity contribution in [3.05, 3.63) is 0 Å². The van der Waals surface area contributed by atoms with Gasteiger partial charge < -0.3 is 15.3 Å². The number of carbonyl (C=O) groups excluding carboxylic acids is 1. The fraction of sp³-hybridized carbons (Fsp3) is 0.923. The highest BCUT2D eigenvalue weighted by Crippen LogP contribution is 2.48. The summed E-state index contributed by atoms with van der Waals surface area (Å²) in [6.07, 6.45) is 5.58. The Morgan fingerprint density at radius 1 is 1.41 bits per heavy atom. The minimum atomic E-state index is 0.0360. The number of fused-ring (bicyclic) bond motifs is 1. The van der Waals surface area contributed by atoms with Crippen LogP contribution in [0.1, 0.15) is 32.1 Å². The van der Waals surface area contributed by atoms with Crippen LogP contribution in [0.3, 0.4) is 0 Å². The summed E-state index contributed by atoms with van der Waals surface area (Å²) in [5.74, 6) is 0.808. The van der Waals surface area contributed by atoms with Crippen molar-refractivity contribution < 1.29 is 9.90 Å². The molecule has 2 aliphatic heterocycles. The molecule has 3 rings (SSSR count). The average molecular weight is 238 g/mol. The lowest BCUT2D eigenvalue weighted by molar-refractivity contribution is -0.132. The van der Waals surface area contributed by atoms with Crippen molar-refractivity contribution in [2.75, 3.05) is 26.2 Å². The topological polar surface area (TPSA) is 52.6 Å². The van der Waals surface area contributed by atoms with Gasteiger partial charge >= 0.3 is 0 Å². The molecule has 0 aromatic heterocycles. The van der Waals surface area contributed by atoms with Crippen LogP contribution >= 0.6 is 0 Å². The molecule has 17 heavy (non-hydrogen) atoms. The SMILES string of the molecule is O=C([C@@H]1CCCN1)N1C[C@H]2CCC[C@]2(CO)C1. The van der Waals surface area contributed by atoms with E-state index in [-0.39, 0.29) is 24.0 Å². The van der Waals surface area contributed by atoms with E-state index in [9.17, 15) is 9.90 Å². The minimum Gasteiger partial charge on any atom is -0.396 e. The molecule has 2 heterocycles. The van der Waals surface area contributed by atoms with Crippen LogP contribution in [0, 0.1) is 11.3 Å². The number of carbonyl (C=O) groups is 1. The third kappa shape index (κ3) is 1.78. The van der Waals surface area contributed by atoms with Gasteiger partial charge in [-0.15, -0.1) is 0 Å². The lowest BCUT2D eigenvalue weighted by atomic mass is 9.82.